The van der Waals surface area contributed by atoms with Crippen molar-refractivity contribution in [3.63, 3.8) is 0 Å². The minimum Gasteiger partial charge on any atom is -0.345 e. The highest BCUT2D eigenvalue weighted by Gasteiger charge is 2.07. The molecule has 6 heteroatoms. The molecule has 1 aromatic heterocycles. The molecule has 0 atom stereocenters. The maximum absolute atomic E-state index is 11.7. The summed E-state index contributed by atoms with van der Waals surface area (Å²) in [5.74, 6) is -0.0502. The van der Waals surface area contributed by atoms with Crippen molar-refractivity contribution in [3.05, 3.63) is 58.3 Å². The molecule has 0 bridgehead atoms. The summed E-state index contributed by atoms with van der Waals surface area (Å²) in [6, 6.07) is 7.10. The maximum atomic E-state index is 11.7. The summed E-state index contributed by atoms with van der Waals surface area (Å²) < 4.78 is 1.32. The smallest absolute Gasteiger partial charge is 0.285 e. The summed E-state index contributed by atoms with van der Waals surface area (Å²) in [7, 11) is 3.41. The second-order valence-corrected chi connectivity index (χ2v) is 4.30. The number of carbonyl (C=O) groups is 1. The molecular formula is C13H14N4O2. The van der Waals surface area contributed by atoms with E-state index in [2.05, 4.69) is 10.1 Å². The molecule has 19 heavy (non-hydrogen) atoms. The predicted molar refractivity (Wildman–Crippen MR) is 69.9 cm³/mol. The molecule has 1 amide bonds. The first-order valence-electron chi connectivity index (χ1n) is 5.75. The van der Waals surface area contributed by atoms with Crippen molar-refractivity contribution in [2.45, 2.75) is 6.54 Å². The lowest BCUT2D eigenvalue weighted by molar-refractivity contribution is 0.0827. The molecule has 6 nitrogen and oxygen atoms in total. The zero-order valence-corrected chi connectivity index (χ0v) is 10.8. The van der Waals surface area contributed by atoms with Gasteiger partial charge in [0.1, 0.15) is 6.33 Å². The second kappa shape index (κ2) is 5.43. The zero-order valence-electron chi connectivity index (χ0n) is 10.8. The minimum atomic E-state index is -0.254. The number of carbonyl (C=O) groups excluding carboxylic acids is 1. The fourth-order valence-electron chi connectivity index (χ4n) is 1.62. The Labute approximate surface area is 110 Å². The molecule has 2 aromatic rings. The summed E-state index contributed by atoms with van der Waals surface area (Å²) in [5.41, 5.74) is 1.26. The number of aromatic nitrogens is 3. The largest absolute Gasteiger partial charge is 0.345 e. The average molecular weight is 258 g/mol. The first-order chi connectivity index (χ1) is 9.08. The van der Waals surface area contributed by atoms with Crippen molar-refractivity contribution >= 4 is 5.91 Å². The van der Waals surface area contributed by atoms with Gasteiger partial charge >= 0.3 is 0 Å². The SMILES string of the molecule is CN(C)C(=O)c1ccc(Cn2ncncc2=O)cc1. The molecule has 0 aliphatic carbocycles. The topological polar surface area (TPSA) is 68.1 Å². The predicted octanol–water partition coefficient (Wildman–Crippen LogP) is 0.388. The summed E-state index contributed by atoms with van der Waals surface area (Å²) >= 11 is 0. The first-order valence-corrected chi connectivity index (χ1v) is 5.75. The van der Waals surface area contributed by atoms with Crippen molar-refractivity contribution in [2.75, 3.05) is 14.1 Å². The number of amides is 1. The highest BCUT2D eigenvalue weighted by Crippen LogP contribution is 2.06. The minimum absolute atomic E-state index is 0.0502. The van der Waals surface area contributed by atoms with Gasteiger partial charge in [-0.25, -0.2) is 9.67 Å². The van der Waals surface area contributed by atoms with Crippen LogP contribution in [0.1, 0.15) is 15.9 Å². The summed E-state index contributed by atoms with van der Waals surface area (Å²) in [4.78, 5) is 28.3. The molecule has 0 aliphatic heterocycles. The monoisotopic (exact) mass is 258 g/mol. The zero-order chi connectivity index (χ0) is 13.8. The summed E-state index contributed by atoms with van der Waals surface area (Å²) in [6.07, 6.45) is 2.54. The Morgan fingerprint density at radius 1 is 1.26 bits per heavy atom. The van der Waals surface area contributed by atoms with E-state index in [1.807, 2.05) is 12.1 Å². The van der Waals surface area contributed by atoms with E-state index in [0.717, 1.165) is 5.56 Å². The Morgan fingerprint density at radius 2 is 1.95 bits per heavy atom. The van der Waals surface area contributed by atoms with Crippen LogP contribution in [0, 0.1) is 0 Å². The van der Waals surface area contributed by atoms with Crippen LogP contribution in [0.5, 0.6) is 0 Å². The standard InChI is InChI=1S/C13H14N4O2/c1-16(2)13(19)11-5-3-10(4-6-11)8-17-12(18)7-14-9-15-17/h3-7,9H,8H2,1-2H3. The van der Waals surface area contributed by atoms with E-state index in [0.29, 0.717) is 12.1 Å². The molecule has 0 spiro atoms. The Morgan fingerprint density at radius 3 is 2.53 bits per heavy atom. The van der Waals surface area contributed by atoms with Gasteiger partial charge in [-0.2, -0.15) is 5.10 Å². The Hall–Kier alpha value is -2.50. The van der Waals surface area contributed by atoms with Gasteiger partial charge in [-0.1, -0.05) is 12.1 Å². The molecule has 1 heterocycles. The van der Waals surface area contributed by atoms with E-state index < -0.39 is 0 Å². The maximum Gasteiger partial charge on any atom is 0.285 e. The van der Waals surface area contributed by atoms with Gasteiger partial charge in [0.15, 0.2) is 0 Å². The van der Waals surface area contributed by atoms with Gasteiger partial charge in [0, 0.05) is 19.7 Å². The average Bonchev–Trinajstić information content (AvgIpc) is 2.41. The molecule has 2 rings (SSSR count). The molecule has 98 valence electrons. The Kier molecular flexibility index (Phi) is 3.70. The third kappa shape index (κ3) is 3.04. The van der Waals surface area contributed by atoms with Gasteiger partial charge in [0.2, 0.25) is 0 Å². The van der Waals surface area contributed by atoms with Crippen LogP contribution in [0.4, 0.5) is 0 Å². The fourth-order valence-corrected chi connectivity index (χ4v) is 1.62. The highest BCUT2D eigenvalue weighted by molar-refractivity contribution is 5.93. The molecule has 0 saturated carbocycles. The van der Waals surface area contributed by atoms with E-state index in [1.54, 1.807) is 26.2 Å². The van der Waals surface area contributed by atoms with Gasteiger partial charge in [-0.05, 0) is 17.7 Å². The van der Waals surface area contributed by atoms with Crippen LogP contribution in [0.25, 0.3) is 0 Å². The number of rotatable bonds is 3. The van der Waals surface area contributed by atoms with Gasteiger partial charge in [0.05, 0.1) is 12.7 Å². The van der Waals surface area contributed by atoms with Crippen LogP contribution in [-0.2, 0) is 6.54 Å². The highest BCUT2D eigenvalue weighted by atomic mass is 16.2. The van der Waals surface area contributed by atoms with Gasteiger partial charge in [-0.3, -0.25) is 9.59 Å². The molecular weight excluding hydrogens is 244 g/mol. The molecule has 0 unspecified atom stereocenters. The number of benzene rings is 1. The first kappa shape index (κ1) is 12.9. The van der Waals surface area contributed by atoms with Crippen molar-refractivity contribution in [1.82, 2.24) is 19.7 Å². The molecule has 0 radical (unpaired) electrons. The number of hydrogen-bond acceptors (Lipinski definition) is 4. The summed E-state index contributed by atoms with van der Waals surface area (Å²) in [5, 5.41) is 3.88. The quantitative estimate of drug-likeness (QED) is 0.798. The molecule has 0 fully saturated rings. The molecule has 1 aromatic carbocycles. The van der Waals surface area contributed by atoms with E-state index in [4.69, 9.17) is 0 Å². The van der Waals surface area contributed by atoms with Crippen LogP contribution >= 0.6 is 0 Å². The fraction of sp³-hybridized carbons (Fsp3) is 0.231. The normalized spacial score (nSPS) is 10.2. The number of hydrogen-bond donors (Lipinski definition) is 0. The van der Waals surface area contributed by atoms with Crippen molar-refractivity contribution in [3.8, 4) is 0 Å². The summed E-state index contributed by atoms with van der Waals surface area (Å²) in [6.45, 7) is 0.359. The van der Waals surface area contributed by atoms with Crippen molar-refractivity contribution in [1.29, 1.82) is 0 Å². The molecule has 0 saturated heterocycles. The lowest BCUT2D eigenvalue weighted by atomic mass is 10.1. The lowest BCUT2D eigenvalue weighted by Crippen LogP contribution is -2.23. The van der Waals surface area contributed by atoms with Crippen LogP contribution in [0.3, 0.4) is 0 Å². The van der Waals surface area contributed by atoms with Crippen LogP contribution in [0.15, 0.2) is 41.6 Å². The van der Waals surface area contributed by atoms with Crippen LogP contribution < -0.4 is 5.56 Å². The van der Waals surface area contributed by atoms with Gasteiger partial charge < -0.3 is 4.90 Å². The van der Waals surface area contributed by atoms with Crippen molar-refractivity contribution in [2.24, 2.45) is 0 Å². The van der Waals surface area contributed by atoms with E-state index >= 15 is 0 Å². The van der Waals surface area contributed by atoms with Crippen molar-refractivity contribution < 1.29 is 4.79 Å². The van der Waals surface area contributed by atoms with Gasteiger partial charge in [0.25, 0.3) is 11.5 Å². The van der Waals surface area contributed by atoms with Crippen LogP contribution in [-0.4, -0.2) is 39.7 Å². The van der Waals surface area contributed by atoms with E-state index in [-0.39, 0.29) is 11.5 Å². The van der Waals surface area contributed by atoms with E-state index in [9.17, 15) is 9.59 Å². The molecule has 0 N–H and O–H groups in total. The van der Waals surface area contributed by atoms with Crippen LogP contribution in [0.2, 0.25) is 0 Å². The Bertz CT molecular complexity index is 632. The molecule has 0 aliphatic rings. The van der Waals surface area contributed by atoms with Gasteiger partial charge in [-0.15, -0.1) is 0 Å². The lowest BCUT2D eigenvalue weighted by Gasteiger charge is -2.10. The van der Waals surface area contributed by atoms with E-state index in [1.165, 1.54) is 22.1 Å². The second-order valence-electron chi connectivity index (χ2n) is 4.30. The Balaban J connectivity index is 2.18. The number of nitrogens with zero attached hydrogens (tertiary/aromatic N) is 4. The third-order valence-corrected chi connectivity index (χ3v) is 2.64. The third-order valence-electron chi connectivity index (χ3n) is 2.64.